The Morgan fingerprint density at radius 2 is 1.73 bits per heavy atom. The van der Waals surface area contributed by atoms with Crippen molar-refractivity contribution in [2.75, 3.05) is 69.9 Å². The Balaban J connectivity index is 0.941. The summed E-state index contributed by atoms with van der Waals surface area (Å²) in [4.78, 5) is 65.7. The Kier molecular flexibility index (Phi) is 11.1. The van der Waals surface area contributed by atoms with Crippen molar-refractivity contribution in [2.24, 2.45) is 0 Å². The van der Waals surface area contributed by atoms with Crippen LogP contribution in [-0.4, -0.2) is 109 Å². The molecule has 2 saturated heterocycles. The highest BCUT2D eigenvalue weighted by atomic mass is 35.5. The SMILES string of the molecule is COc1cc(N2CCN(CCNc3cccc4c3C(=O)N(C3CCC(=O)NC3=O)C4=O)CC2)ccc1Cc1ncc(Cl)c(Cc2ccccc2P(C)(C)=O)n1. The van der Waals surface area contributed by atoms with Crippen LogP contribution in [0.1, 0.15) is 56.2 Å². The van der Waals surface area contributed by atoms with E-state index in [1.807, 2.05) is 36.4 Å². The Morgan fingerprint density at radius 3 is 2.47 bits per heavy atom. The number of piperidine rings is 1. The van der Waals surface area contributed by atoms with Crippen molar-refractivity contribution >= 4 is 59.1 Å². The molecule has 1 atom stereocenters. The van der Waals surface area contributed by atoms with Gasteiger partial charge in [0.25, 0.3) is 11.8 Å². The molecule has 13 nitrogen and oxygen atoms in total. The number of nitrogens with zero attached hydrogens (tertiary/aromatic N) is 5. The van der Waals surface area contributed by atoms with E-state index in [0.717, 1.165) is 65.5 Å². The molecule has 3 aliphatic rings. The van der Waals surface area contributed by atoms with Crippen molar-refractivity contribution in [2.45, 2.75) is 31.7 Å². The van der Waals surface area contributed by atoms with E-state index >= 15 is 0 Å². The highest BCUT2D eigenvalue weighted by Gasteiger charge is 2.45. The van der Waals surface area contributed by atoms with Gasteiger partial charge < -0.3 is 19.5 Å². The van der Waals surface area contributed by atoms with Crippen molar-refractivity contribution < 1.29 is 28.5 Å². The molecule has 2 fully saturated rings. The largest absolute Gasteiger partial charge is 0.496 e. The van der Waals surface area contributed by atoms with Gasteiger partial charge in [0.15, 0.2) is 0 Å². The van der Waals surface area contributed by atoms with Crippen molar-refractivity contribution in [3.05, 3.63) is 106 Å². The summed E-state index contributed by atoms with van der Waals surface area (Å²) in [6, 6.07) is 18.0. The van der Waals surface area contributed by atoms with Gasteiger partial charge in [0.2, 0.25) is 11.8 Å². The molecule has 55 heavy (non-hydrogen) atoms. The second-order valence-corrected chi connectivity index (χ2v) is 17.9. The van der Waals surface area contributed by atoms with Gasteiger partial charge >= 0.3 is 0 Å². The molecular formula is C40H43ClN7O6P. The summed E-state index contributed by atoms with van der Waals surface area (Å²) in [7, 11) is -0.829. The third-order valence-corrected chi connectivity index (χ3v) is 12.3. The standard InChI is InChI=1S/C40H43ClN7O6P/c1-54-33-23-27(12-11-25(33)22-35-43-24-29(41)31(44-35)21-26-7-4-5-10-34(26)55(2,3)53)47-19-17-46(18-20-47)16-15-42-30-9-6-8-28-37(30)40(52)48(39(28)51)32-13-14-36(49)45-38(32)50/h4-12,23-24,32,42H,13-22H2,1-3H3,(H,45,49,50). The first-order valence-electron chi connectivity index (χ1n) is 18.3. The number of amides is 4. The summed E-state index contributed by atoms with van der Waals surface area (Å²) < 4.78 is 18.8. The van der Waals surface area contributed by atoms with Gasteiger partial charge in [0, 0.05) is 93.0 Å². The molecule has 4 amide bonds. The molecule has 15 heteroatoms. The summed E-state index contributed by atoms with van der Waals surface area (Å²) in [6.45, 7) is 8.09. The third-order valence-electron chi connectivity index (χ3n) is 10.4. The van der Waals surface area contributed by atoms with Crippen LogP contribution in [-0.2, 0) is 27.0 Å². The van der Waals surface area contributed by atoms with Crippen LogP contribution in [0.15, 0.2) is 66.9 Å². The van der Waals surface area contributed by atoms with Crippen LogP contribution in [0, 0.1) is 0 Å². The first kappa shape index (κ1) is 38.2. The number of fused-ring (bicyclic) bond motifs is 1. The number of nitrogens with one attached hydrogen (secondary N) is 2. The predicted molar refractivity (Wildman–Crippen MR) is 211 cm³/mol. The maximum Gasteiger partial charge on any atom is 0.264 e. The van der Waals surface area contributed by atoms with Gasteiger partial charge in [0.1, 0.15) is 24.8 Å². The molecule has 0 spiro atoms. The van der Waals surface area contributed by atoms with Gasteiger partial charge in [-0.2, -0.15) is 0 Å². The number of ether oxygens (including phenoxy) is 1. The van der Waals surface area contributed by atoms with Crippen molar-refractivity contribution in [1.82, 2.24) is 25.1 Å². The molecule has 2 N–H and O–H groups in total. The van der Waals surface area contributed by atoms with Crippen molar-refractivity contribution in [3.8, 4) is 5.75 Å². The van der Waals surface area contributed by atoms with E-state index in [1.165, 1.54) is 0 Å². The third kappa shape index (κ3) is 8.15. The minimum Gasteiger partial charge on any atom is -0.496 e. The lowest BCUT2D eigenvalue weighted by Crippen LogP contribution is -2.54. The van der Waals surface area contributed by atoms with Crippen molar-refractivity contribution in [3.63, 3.8) is 0 Å². The fraction of sp³-hybridized carbons (Fsp3) is 0.350. The first-order chi connectivity index (χ1) is 26.4. The number of methoxy groups -OCH3 is 1. The lowest BCUT2D eigenvalue weighted by atomic mass is 10.0. The molecule has 286 valence electrons. The van der Waals surface area contributed by atoms with Gasteiger partial charge in [-0.15, -0.1) is 0 Å². The zero-order chi connectivity index (χ0) is 38.9. The molecule has 7 rings (SSSR count). The highest BCUT2D eigenvalue weighted by molar-refractivity contribution is 7.70. The lowest BCUT2D eigenvalue weighted by molar-refractivity contribution is -0.136. The Labute approximate surface area is 324 Å². The number of rotatable bonds is 12. The van der Waals surface area contributed by atoms with Crippen LogP contribution < -0.4 is 25.6 Å². The van der Waals surface area contributed by atoms with Crippen molar-refractivity contribution in [1.29, 1.82) is 0 Å². The Bertz CT molecular complexity index is 2220. The molecular weight excluding hydrogens is 741 g/mol. The van der Waals surface area contributed by atoms with E-state index < -0.39 is 36.8 Å². The number of carbonyl (C=O) groups is 4. The van der Waals surface area contributed by atoms with Gasteiger partial charge in [-0.3, -0.25) is 34.3 Å². The number of carbonyl (C=O) groups excluding carboxylic acids is 4. The van der Waals surface area contributed by atoms with Gasteiger partial charge in [-0.05, 0) is 43.5 Å². The van der Waals surface area contributed by atoms with E-state index in [-0.39, 0.29) is 24.0 Å². The summed E-state index contributed by atoms with van der Waals surface area (Å²) in [5.41, 5.74) is 4.69. The second kappa shape index (κ2) is 15.9. The number of piperazine rings is 1. The number of benzene rings is 3. The fourth-order valence-electron chi connectivity index (χ4n) is 7.51. The number of imide groups is 2. The highest BCUT2D eigenvalue weighted by Crippen LogP contribution is 2.37. The molecule has 0 bridgehead atoms. The van der Waals surface area contributed by atoms with E-state index in [9.17, 15) is 23.7 Å². The topological polar surface area (TPSA) is 154 Å². The number of halogens is 1. The van der Waals surface area contributed by atoms with Crippen LogP contribution in [0.5, 0.6) is 5.75 Å². The molecule has 4 heterocycles. The number of hydrogen-bond donors (Lipinski definition) is 2. The van der Waals surface area contributed by atoms with Gasteiger partial charge in [0.05, 0.1) is 29.0 Å². The summed E-state index contributed by atoms with van der Waals surface area (Å²) in [6.07, 6.45) is 2.72. The molecule has 0 saturated carbocycles. The molecule has 1 aromatic heterocycles. The van der Waals surface area contributed by atoms with Crippen LogP contribution in [0.3, 0.4) is 0 Å². The average molecular weight is 784 g/mol. The molecule has 3 aromatic carbocycles. The summed E-state index contributed by atoms with van der Waals surface area (Å²) in [5, 5.41) is 6.87. The van der Waals surface area contributed by atoms with E-state index in [2.05, 4.69) is 31.5 Å². The predicted octanol–water partition coefficient (Wildman–Crippen LogP) is 4.20. The fourth-order valence-corrected chi connectivity index (χ4v) is 8.95. The number of aromatic nitrogens is 2. The van der Waals surface area contributed by atoms with Crippen LogP contribution in [0.25, 0.3) is 0 Å². The molecule has 1 unspecified atom stereocenters. The minimum atomic E-state index is -2.49. The second-order valence-electron chi connectivity index (χ2n) is 14.3. The van der Waals surface area contributed by atoms with Gasteiger partial charge in [-0.25, -0.2) is 9.97 Å². The number of hydrogen-bond acceptors (Lipinski definition) is 11. The number of anilines is 2. The van der Waals surface area contributed by atoms with E-state index in [0.29, 0.717) is 41.6 Å². The monoisotopic (exact) mass is 783 g/mol. The Morgan fingerprint density at radius 1 is 0.945 bits per heavy atom. The quantitative estimate of drug-likeness (QED) is 0.157. The smallest absolute Gasteiger partial charge is 0.264 e. The zero-order valence-electron chi connectivity index (χ0n) is 31.0. The van der Waals surface area contributed by atoms with E-state index in [4.69, 9.17) is 21.3 Å². The maximum atomic E-state index is 13.4. The molecule has 0 radical (unpaired) electrons. The van der Waals surface area contributed by atoms with Crippen LogP contribution in [0.2, 0.25) is 5.02 Å². The molecule has 4 aromatic rings. The summed E-state index contributed by atoms with van der Waals surface area (Å²) >= 11 is 6.54. The Hall–Kier alpha value is -5.10. The van der Waals surface area contributed by atoms with Gasteiger partial charge in [-0.1, -0.05) is 48.0 Å². The maximum absolute atomic E-state index is 13.4. The zero-order valence-corrected chi connectivity index (χ0v) is 32.7. The first-order valence-corrected chi connectivity index (χ1v) is 21.3. The van der Waals surface area contributed by atoms with E-state index in [1.54, 1.807) is 44.8 Å². The van der Waals surface area contributed by atoms with Crippen LogP contribution in [0.4, 0.5) is 11.4 Å². The molecule has 0 aliphatic carbocycles. The lowest BCUT2D eigenvalue weighted by Gasteiger charge is -2.36. The minimum absolute atomic E-state index is 0.0734. The average Bonchev–Trinajstić information content (AvgIpc) is 3.42. The molecule has 3 aliphatic heterocycles. The summed E-state index contributed by atoms with van der Waals surface area (Å²) in [5.74, 6) is -0.724. The normalized spacial score (nSPS) is 17.7. The van der Waals surface area contributed by atoms with Crippen LogP contribution >= 0.6 is 18.7 Å².